The number of nitrogen functional groups attached to an aromatic ring is 1. The molecule has 1 saturated carbocycles. The second kappa shape index (κ2) is 7.16. The summed E-state index contributed by atoms with van der Waals surface area (Å²) in [5, 5.41) is 0. The number of hydrogen-bond donors (Lipinski definition) is 1. The molecule has 128 valence electrons. The Bertz CT molecular complexity index is 666. The van der Waals surface area contributed by atoms with Gasteiger partial charge in [0.25, 0.3) is 0 Å². The van der Waals surface area contributed by atoms with Gasteiger partial charge >= 0.3 is 0 Å². The summed E-state index contributed by atoms with van der Waals surface area (Å²) in [6.45, 7) is 6.76. The topological polar surface area (TPSA) is 67.9 Å². The molecule has 5 heteroatoms. The lowest BCUT2D eigenvalue weighted by Gasteiger charge is -2.34. The van der Waals surface area contributed by atoms with Crippen molar-refractivity contribution in [2.24, 2.45) is 0 Å². The van der Waals surface area contributed by atoms with Crippen molar-refractivity contribution in [2.75, 3.05) is 10.6 Å². The summed E-state index contributed by atoms with van der Waals surface area (Å²) < 4.78 is 0. The van der Waals surface area contributed by atoms with Crippen molar-refractivity contribution in [3.05, 3.63) is 40.8 Å². The van der Waals surface area contributed by atoms with Crippen molar-refractivity contribution in [2.45, 2.75) is 65.5 Å². The maximum Gasteiger partial charge on any atom is 0.228 e. The number of aromatic nitrogens is 3. The molecule has 2 aromatic rings. The van der Waals surface area contributed by atoms with Gasteiger partial charge in [-0.05, 0) is 45.2 Å². The van der Waals surface area contributed by atoms with Gasteiger partial charge in [-0.15, -0.1) is 0 Å². The van der Waals surface area contributed by atoms with Gasteiger partial charge in [-0.2, -0.15) is 4.98 Å². The first-order chi connectivity index (χ1) is 11.5. The van der Waals surface area contributed by atoms with Gasteiger partial charge in [0, 0.05) is 23.5 Å². The lowest BCUT2D eigenvalue weighted by molar-refractivity contribution is 0.407. The average molecular weight is 325 g/mol. The monoisotopic (exact) mass is 325 g/mol. The molecular formula is C19H27N5. The van der Waals surface area contributed by atoms with E-state index in [9.17, 15) is 0 Å². The number of nitrogens with zero attached hydrogens (tertiary/aromatic N) is 4. The Kier molecular flexibility index (Phi) is 4.97. The summed E-state index contributed by atoms with van der Waals surface area (Å²) in [5.74, 6) is 1.32. The summed E-state index contributed by atoms with van der Waals surface area (Å²) in [6, 6.07) is 4.66. The summed E-state index contributed by atoms with van der Waals surface area (Å²) >= 11 is 0. The SMILES string of the molecule is Cc1ccc(CN(c2nc(C)c(C)c(N)n2)C2CCCCC2)nc1. The van der Waals surface area contributed by atoms with Crippen LogP contribution in [0.2, 0.25) is 0 Å². The molecule has 3 rings (SSSR count). The number of rotatable bonds is 4. The largest absolute Gasteiger partial charge is 0.383 e. The molecule has 0 aliphatic heterocycles. The van der Waals surface area contributed by atoms with Crippen LogP contribution < -0.4 is 10.6 Å². The first-order valence-electron chi connectivity index (χ1n) is 8.83. The van der Waals surface area contributed by atoms with Gasteiger partial charge in [0.2, 0.25) is 5.95 Å². The predicted molar refractivity (Wildman–Crippen MR) is 97.9 cm³/mol. The number of aryl methyl sites for hydroxylation is 2. The second-order valence-corrected chi connectivity index (χ2v) is 6.87. The molecule has 1 fully saturated rings. The van der Waals surface area contributed by atoms with Crippen molar-refractivity contribution < 1.29 is 0 Å². The quantitative estimate of drug-likeness (QED) is 0.928. The van der Waals surface area contributed by atoms with Crippen molar-refractivity contribution in [1.29, 1.82) is 0 Å². The molecule has 0 radical (unpaired) electrons. The molecule has 2 heterocycles. The van der Waals surface area contributed by atoms with Crippen LogP contribution in [0.1, 0.15) is 54.6 Å². The molecule has 0 atom stereocenters. The fraction of sp³-hybridized carbons (Fsp3) is 0.526. The molecule has 0 amide bonds. The van der Waals surface area contributed by atoms with E-state index in [2.05, 4.69) is 33.9 Å². The lowest BCUT2D eigenvalue weighted by Crippen LogP contribution is -2.38. The number of pyridine rings is 1. The van der Waals surface area contributed by atoms with Crippen LogP contribution >= 0.6 is 0 Å². The van der Waals surface area contributed by atoms with E-state index >= 15 is 0 Å². The molecular weight excluding hydrogens is 298 g/mol. The van der Waals surface area contributed by atoms with E-state index in [1.54, 1.807) is 0 Å². The molecule has 2 aromatic heterocycles. The van der Waals surface area contributed by atoms with Crippen LogP contribution in [0.5, 0.6) is 0 Å². The van der Waals surface area contributed by atoms with E-state index < -0.39 is 0 Å². The summed E-state index contributed by atoms with van der Waals surface area (Å²) in [7, 11) is 0. The van der Waals surface area contributed by atoms with Gasteiger partial charge in [-0.25, -0.2) is 4.98 Å². The van der Waals surface area contributed by atoms with Gasteiger partial charge < -0.3 is 10.6 Å². The van der Waals surface area contributed by atoms with E-state index in [4.69, 9.17) is 10.7 Å². The molecule has 24 heavy (non-hydrogen) atoms. The zero-order chi connectivity index (χ0) is 17.1. The normalized spacial score (nSPS) is 15.5. The Morgan fingerprint density at radius 2 is 1.83 bits per heavy atom. The fourth-order valence-corrected chi connectivity index (χ4v) is 3.29. The molecule has 0 saturated heterocycles. The third-order valence-electron chi connectivity index (χ3n) is 4.99. The van der Waals surface area contributed by atoms with Crippen molar-refractivity contribution in [3.63, 3.8) is 0 Å². The highest BCUT2D eigenvalue weighted by Gasteiger charge is 2.25. The Labute approximate surface area is 144 Å². The summed E-state index contributed by atoms with van der Waals surface area (Å²) in [4.78, 5) is 16.2. The highest BCUT2D eigenvalue weighted by atomic mass is 15.3. The third kappa shape index (κ3) is 3.66. The van der Waals surface area contributed by atoms with E-state index in [0.717, 1.165) is 29.4 Å². The minimum Gasteiger partial charge on any atom is -0.383 e. The van der Waals surface area contributed by atoms with Crippen LogP contribution in [0.25, 0.3) is 0 Å². The summed E-state index contributed by atoms with van der Waals surface area (Å²) in [6.07, 6.45) is 8.14. The highest BCUT2D eigenvalue weighted by molar-refractivity contribution is 5.47. The van der Waals surface area contributed by atoms with Crippen LogP contribution in [0, 0.1) is 20.8 Å². The van der Waals surface area contributed by atoms with E-state index in [0.29, 0.717) is 11.9 Å². The Hall–Kier alpha value is -2.17. The van der Waals surface area contributed by atoms with E-state index in [1.807, 2.05) is 20.0 Å². The molecule has 0 spiro atoms. The Morgan fingerprint density at radius 1 is 1.08 bits per heavy atom. The smallest absolute Gasteiger partial charge is 0.228 e. The van der Waals surface area contributed by atoms with Crippen molar-refractivity contribution in [3.8, 4) is 0 Å². The molecule has 1 aliphatic rings. The van der Waals surface area contributed by atoms with Crippen LogP contribution in [-0.4, -0.2) is 21.0 Å². The minimum absolute atomic E-state index is 0.461. The van der Waals surface area contributed by atoms with Crippen molar-refractivity contribution >= 4 is 11.8 Å². The number of nitrogens with two attached hydrogens (primary N) is 1. The van der Waals surface area contributed by atoms with Crippen LogP contribution in [0.4, 0.5) is 11.8 Å². The molecule has 2 N–H and O–H groups in total. The Balaban J connectivity index is 1.93. The van der Waals surface area contributed by atoms with Gasteiger partial charge in [0.15, 0.2) is 0 Å². The van der Waals surface area contributed by atoms with Gasteiger partial charge in [0.05, 0.1) is 12.2 Å². The van der Waals surface area contributed by atoms with E-state index in [-0.39, 0.29) is 0 Å². The molecule has 0 bridgehead atoms. The maximum absolute atomic E-state index is 6.11. The standard InChI is InChI=1S/C19H27N5/c1-13-9-10-16(21-11-13)12-24(17-7-5-4-6-8-17)19-22-15(3)14(2)18(20)23-19/h9-11,17H,4-8,12H2,1-3H3,(H2,20,22,23). The predicted octanol–water partition coefficient (Wildman–Crippen LogP) is 3.72. The van der Waals surface area contributed by atoms with Crippen molar-refractivity contribution in [1.82, 2.24) is 15.0 Å². The Morgan fingerprint density at radius 3 is 2.46 bits per heavy atom. The first-order valence-corrected chi connectivity index (χ1v) is 8.83. The zero-order valence-corrected chi connectivity index (χ0v) is 14.9. The fourth-order valence-electron chi connectivity index (χ4n) is 3.29. The highest BCUT2D eigenvalue weighted by Crippen LogP contribution is 2.28. The summed E-state index contributed by atoms with van der Waals surface area (Å²) in [5.41, 5.74) is 10.3. The van der Waals surface area contributed by atoms with Gasteiger partial charge in [-0.1, -0.05) is 25.3 Å². The zero-order valence-electron chi connectivity index (χ0n) is 14.9. The molecule has 5 nitrogen and oxygen atoms in total. The molecule has 1 aliphatic carbocycles. The first kappa shape index (κ1) is 16.7. The van der Waals surface area contributed by atoms with Crippen LogP contribution in [0.15, 0.2) is 18.3 Å². The molecule has 0 unspecified atom stereocenters. The number of anilines is 2. The third-order valence-corrected chi connectivity index (χ3v) is 4.99. The second-order valence-electron chi connectivity index (χ2n) is 6.87. The number of hydrogen-bond acceptors (Lipinski definition) is 5. The van der Waals surface area contributed by atoms with Crippen LogP contribution in [0.3, 0.4) is 0 Å². The van der Waals surface area contributed by atoms with Gasteiger partial charge in [-0.3, -0.25) is 4.98 Å². The van der Waals surface area contributed by atoms with E-state index in [1.165, 1.54) is 37.7 Å². The lowest BCUT2D eigenvalue weighted by atomic mass is 9.94. The van der Waals surface area contributed by atoms with Crippen LogP contribution in [-0.2, 0) is 6.54 Å². The minimum atomic E-state index is 0.461. The maximum atomic E-state index is 6.11. The average Bonchev–Trinajstić information content (AvgIpc) is 2.59. The van der Waals surface area contributed by atoms with Gasteiger partial charge in [0.1, 0.15) is 5.82 Å². The molecule has 0 aromatic carbocycles.